The standard InChI is InChI=1S/C36H26O6/c37-31-25-11-15-1-2-16-12-26-20-5-18(16)3-17(15)4-19(25)6-21-8-23-10-24-9-22(7-20)28(34(40)32(26)38)14-30(24)36(42)35(41)29(23)13-27(21)33(31)39/h1-2,4-5,8-9,15,26,28-29H,3,6-7,10-14H2. The molecular formula is C36H26O6. The molecule has 4 unspecified atom stereocenters. The van der Waals surface area contributed by atoms with E-state index in [1.54, 1.807) is 0 Å². The molecule has 0 N–H and O–H groups in total. The van der Waals surface area contributed by atoms with Gasteiger partial charge in [0.05, 0.1) is 17.8 Å². The van der Waals surface area contributed by atoms with E-state index in [1.807, 2.05) is 12.2 Å². The lowest BCUT2D eigenvalue weighted by atomic mass is 9.76. The topological polar surface area (TPSA) is 102 Å². The van der Waals surface area contributed by atoms with Crippen LogP contribution in [0.5, 0.6) is 0 Å². The fourth-order valence-corrected chi connectivity index (χ4v) is 8.80. The summed E-state index contributed by atoms with van der Waals surface area (Å²) in [5, 5.41) is 0. The van der Waals surface area contributed by atoms with Crippen molar-refractivity contribution in [2.24, 2.45) is 23.7 Å². The number of carbonyl (C=O) groups excluding carboxylic acids is 6. The molecular weight excluding hydrogens is 528 g/mol. The van der Waals surface area contributed by atoms with Gasteiger partial charge in [0.2, 0.25) is 34.7 Å². The summed E-state index contributed by atoms with van der Waals surface area (Å²) >= 11 is 0. The number of allylic oxidation sites excluding steroid dienone is 18. The molecule has 0 aliphatic heterocycles. The predicted molar refractivity (Wildman–Crippen MR) is 151 cm³/mol. The summed E-state index contributed by atoms with van der Waals surface area (Å²) in [5.74, 6) is -5.31. The second-order valence-corrected chi connectivity index (χ2v) is 13.2. The molecule has 8 bridgehead atoms. The van der Waals surface area contributed by atoms with E-state index in [0.717, 1.165) is 44.6 Å². The molecule has 9 aliphatic rings. The van der Waals surface area contributed by atoms with Gasteiger partial charge in [0.1, 0.15) is 0 Å². The summed E-state index contributed by atoms with van der Waals surface area (Å²) in [4.78, 5) is 82.1. The number of Topliss-reactive ketones (excluding diaryl/α,β-unsaturated/α-hetero) is 6. The van der Waals surface area contributed by atoms with Crippen molar-refractivity contribution in [3.05, 3.63) is 103 Å². The van der Waals surface area contributed by atoms with E-state index in [2.05, 4.69) is 24.3 Å². The minimum Gasteiger partial charge on any atom is -0.290 e. The second kappa shape index (κ2) is 8.15. The summed E-state index contributed by atoms with van der Waals surface area (Å²) in [6, 6.07) is 0. The first-order chi connectivity index (χ1) is 20.2. The molecule has 9 rings (SSSR count). The van der Waals surface area contributed by atoms with Crippen molar-refractivity contribution < 1.29 is 28.8 Å². The highest BCUT2D eigenvalue weighted by molar-refractivity contribution is 6.50. The zero-order valence-electron chi connectivity index (χ0n) is 22.9. The second-order valence-electron chi connectivity index (χ2n) is 13.2. The van der Waals surface area contributed by atoms with Crippen molar-refractivity contribution in [1.29, 1.82) is 0 Å². The van der Waals surface area contributed by atoms with Crippen LogP contribution in [0.4, 0.5) is 0 Å². The van der Waals surface area contributed by atoms with Crippen LogP contribution < -0.4 is 0 Å². The third kappa shape index (κ3) is 3.15. The lowest BCUT2D eigenvalue weighted by Crippen LogP contribution is -2.33. The lowest BCUT2D eigenvalue weighted by Gasteiger charge is -2.27. The van der Waals surface area contributed by atoms with Crippen molar-refractivity contribution >= 4 is 34.7 Å². The molecule has 0 heterocycles. The van der Waals surface area contributed by atoms with Crippen molar-refractivity contribution in [3.63, 3.8) is 0 Å². The Morgan fingerprint density at radius 3 is 1.64 bits per heavy atom. The third-order valence-electron chi connectivity index (χ3n) is 11.1. The highest BCUT2D eigenvalue weighted by atomic mass is 16.2. The summed E-state index contributed by atoms with van der Waals surface area (Å²) in [6.45, 7) is 0. The number of carbonyl (C=O) groups is 6. The third-order valence-corrected chi connectivity index (χ3v) is 11.1. The minimum atomic E-state index is -0.808. The molecule has 4 atom stereocenters. The molecule has 0 aromatic heterocycles. The van der Waals surface area contributed by atoms with Gasteiger partial charge in [-0.05, 0) is 79.2 Å². The van der Waals surface area contributed by atoms with E-state index in [0.29, 0.717) is 55.2 Å². The normalized spacial score (nSPS) is 32.9. The van der Waals surface area contributed by atoms with Gasteiger partial charge in [0.25, 0.3) is 0 Å². The van der Waals surface area contributed by atoms with Gasteiger partial charge in [0, 0.05) is 22.6 Å². The first-order valence-electron chi connectivity index (χ1n) is 14.9. The Hall–Kier alpha value is -4.32. The van der Waals surface area contributed by atoms with Crippen molar-refractivity contribution in [2.45, 2.75) is 51.4 Å². The molecule has 0 spiro atoms. The number of rotatable bonds is 0. The predicted octanol–water partition coefficient (Wildman–Crippen LogP) is 4.56. The highest BCUT2D eigenvalue weighted by Gasteiger charge is 2.47. The monoisotopic (exact) mass is 554 g/mol. The first-order valence-corrected chi connectivity index (χ1v) is 14.9. The summed E-state index contributed by atoms with van der Waals surface area (Å²) in [5.41, 5.74) is 9.46. The van der Waals surface area contributed by atoms with Gasteiger partial charge < -0.3 is 0 Å². The molecule has 0 aromatic carbocycles. The van der Waals surface area contributed by atoms with Crippen LogP contribution in [-0.2, 0) is 28.8 Å². The van der Waals surface area contributed by atoms with Crippen LogP contribution in [0.3, 0.4) is 0 Å². The van der Waals surface area contributed by atoms with E-state index in [4.69, 9.17) is 0 Å². The van der Waals surface area contributed by atoms with Crippen LogP contribution in [0.2, 0.25) is 0 Å². The van der Waals surface area contributed by atoms with Crippen LogP contribution in [0.15, 0.2) is 103 Å². The average Bonchev–Trinajstić information content (AvgIpc) is 3.29. The van der Waals surface area contributed by atoms with E-state index >= 15 is 0 Å². The van der Waals surface area contributed by atoms with Gasteiger partial charge >= 0.3 is 0 Å². The van der Waals surface area contributed by atoms with Crippen LogP contribution in [0.1, 0.15) is 51.4 Å². The number of hydrogen-bond acceptors (Lipinski definition) is 6. The van der Waals surface area contributed by atoms with Crippen LogP contribution in [-0.4, -0.2) is 34.7 Å². The summed E-state index contributed by atoms with van der Waals surface area (Å²) in [7, 11) is 0. The van der Waals surface area contributed by atoms with Gasteiger partial charge in [-0.25, -0.2) is 0 Å². The molecule has 0 radical (unpaired) electrons. The minimum absolute atomic E-state index is 0.0409. The fourth-order valence-electron chi connectivity index (χ4n) is 8.80. The van der Waals surface area contributed by atoms with Crippen LogP contribution in [0.25, 0.3) is 0 Å². The Morgan fingerprint density at radius 1 is 0.429 bits per heavy atom. The molecule has 6 heteroatoms. The van der Waals surface area contributed by atoms with Gasteiger partial charge in [-0.1, -0.05) is 58.7 Å². The zero-order valence-corrected chi connectivity index (χ0v) is 22.9. The Morgan fingerprint density at radius 2 is 0.929 bits per heavy atom. The van der Waals surface area contributed by atoms with Gasteiger partial charge in [-0.2, -0.15) is 0 Å². The zero-order chi connectivity index (χ0) is 28.6. The van der Waals surface area contributed by atoms with Gasteiger partial charge in [-0.3, -0.25) is 28.8 Å². The molecule has 0 aromatic rings. The molecule has 0 saturated heterocycles. The van der Waals surface area contributed by atoms with Gasteiger partial charge in [0.15, 0.2) is 0 Å². The summed E-state index contributed by atoms with van der Waals surface area (Å²) < 4.78 is 0. The average molecular weight is 555 g/mol. The van der Waals surface area contributed by atoms with Crippen LogP contribution >= 0.6 is 0 Å². The maximum absolute atomic E-state index is 13.7. The molecule has 1 fully saturated rings. The molecule has 0 amide bonds. The fraction of sp³-hybridized carbons (Fsp3) is 0.333. The Balaban J connectivity index is 1.31. The van der Waals surface area contributed by atoms with Crippen molar-refractivity contribution in [1.82, 2.24) is 0 Å². The van der Waals surface area contributed by atoms with E-state index in [1.165, 1.54) is 5.57 Å². The van der Waals surface area contributed by atoms with E-state index in [-0.39, 0.29) is 18.8 Å². The largest absolute Gasteiger partial charge is 0.290 e. The van der Waals surface area contributed by atoms with Crippen molar-refractivity contribution in [3.8, 4) is 0 Å². The smallest absolute Gasteiger partial charge is 0.229 e. The quantitative estimate of drug-likeness (QED) is 0.407. The molecule has 9 aliphatic carbocycles. The summed E-state index contributed by atoms with van der Waals surface area (Å²) in [6.07, 6.45) is 15.1. The first kappa shape index (κ1) is 24.3. The lowest BCUT2D eigenvalue weighted by molar-refractivity contribution is -0.140. The number of hydrogen-bond donors (Lipinski definition) is 0. The van der Waals surface area contributed by atoms with Crippen molar-refractivity contribution in [2.75, 3.05) is 0 Å². The molecule has 42 heavy (non-hydrogen) atoms. The molecule has 6 nitrogen and oxygen atoms in total. The maximum atomic E-state index is 13.7. The van der Waals surface area contributed by atoms with Gasteiger partial charge in [-0.15, -0.1) is 0 Å². The van der Waals surface area contributed by atoms with E-state index in [9.17, 15) is 28.8 Å². The Labute approximate surface area is 241 Å². The van der Waals surface area contributed by atoms with E-state index < -0.39 is 52.5 Å². The Kier molecular flexibility index (Phi) is 4.72. The molecule has 1 saturated carbocycles. The maximum Gasteiger partial charge on any atom is 0.229 e. The Bertz CT molecular complexity index is 1890. The number of ketones is 6. The SMILES string of the molecule is O=C1C(=O)C2=C3C=C4CC5=C(CC6C(=O)C(=O)C7CC8=C(C=C7CC6=C5)CC5=CC(=C1CC5C=C8)C3)C(=O)C(=O)C4C2. The van der Waals surface area contributed by atoms with Crippen LogP contribution in [0, 0.1) is 23.7 Å². The highest BCUT2D eigenvalue weighted by Crippen LogP contribution is 2.50. The molecule has 206 valence electrons.